The molecule has 4 rings (SSSR count). The number of halogens is 6. The van der Waals surface area contributed by atoms with Gasteiger partial charge in [0, 0.05) is 11.1 Å². The third-order valence-electron chi connectivity index (χ3n) is 7.55. The SMILES string of the molecule is CCCCC[C@H]1CC[C@H](c2c(F)cc(C)c(Oc3ccccc3-c3ccc(C(F)(F)F)c(F)c3)c2F)CC1. The molecule has 1 fully saturated rings. The molecular formula is C31H32F6O. The van der Waals surface area contributed by atoms with Crippen LogP contribution in [-0.2, 0) is 6.18 Å². The summed E-state index contributed by atoms with van der Waals surface area (Å²) >= 11 is 0. The van der Waals surface area contributed by atoms with Crippen molar-refractivity contribution in [2.24, 2.45) is 5.92 Å². The van der Waals surface area contributed by atoms with Crippen LogP contribution in [0.1, 0.15) is 80.9 Å². The lowest BCUT2D eigenvalue weighted by atomic mass is 9.76. The molecule has 1 nitrogen and oxygen atoms in total. The maximum Gasteiger partial charge on any atom is 0.419 e. The predicted octanol–water partition coefficient (Wildman–Crippen LogP) is 10.7. The lowest BCUT2D eigenvalue weighted by Gasteiger charge is -2.30. The molecule has 0 N–H and O–H groups in total. The van der Waals surface area contributed by atoms with Gasteiger partial charge < -0.3 is 4.74 Å². The number of para-hydroxylation sites is 1. The zero-order chi connectivity index (χ0) is 27.4. The van der Waals surface area contributed by atoms with Gasteiger partial charge in [-0.2, -0.15) is 13.2 Å². The van der Waals surface area contributed by atoms with E-state index in [0.717, 1.165) is 37.8 Å². The minimum Gasteiger partial charge on any atom is -0.453 e. The molecule has 1 aliphatic carbocycles. The Morgan fingerprint density at radius 3 is 2.24 bits per heavy atom. The van der Waals surface area contributed by atoms with Crippen molar-refractivity contribution in [2.75, 3.05) is 0 Å². The summed E-state index contributed by atoms with van der Waals surface area (Å²) in [4.78, 5) is 0. The summed E-state index contributed by atoms with van der Waals surface area (Å²) < 4.78 is 90.2. The molecule has 0 atom stereocenters. The standard InChI is InChI=1S/C31H32F6O/c1-3-4-5-8-20-11-13-21(14-12-20)28-26(33)17-19(2)30(29(28)34)38-27-10-7-6-9-23(27)22-15-16-24(25(32)18-22)31(35,36)37/h6-7,9-10,15-18,20-21H,3-5,8,11-14H2,1-2H3/t20-,21-. The third kappa shape index (κ3) is 6.19. The van der Waals surface area contributed by atoms with E-state index in [2.05, 4.69) is 6.92 Å². The highest BCUT2D eigenvalue weighted by molar-refractivity contribution is 5.71. The van der Waals surface area contributed by atoms with Gasteiger partial charge in [0.15, 0.2) is 11.6 Å². The van der Waals surface area contributed by atoms with Crippen LogP contribution in [0.2, 0.25) is 0 Å². The first-order chi connectivity index (χ1) is 18.1. The average molecular weight is 535 g/mol. The van der Waals surface area contributed by atoms with Crippen molar-refractivity contribution < 1.29 is 31.1 Å². The van der Waals surface area contributed by atoms with Crippen LogP contribution >= 0.6 is 0 Å². The highest BCUT2D eigenvalue weighted by Gasteiger charge is 2.34. The van der Waals surface area contributed by atoms with Crippen LogP contribution in [0.4, 0.5) is 26.3 Å². The zero-order valence-electron chi connectivity index (χ0n) is 21.6. The van der Waals surface area contributed by atoms with Crippen LogP contribution < -0.4 is 4.74 Å². The van der Waals surface area contributed by atoms with Gasteiger partial charge in [0.25, 0.3) is 0 Å². The Morgan fingerprint density at radius 1 is 0.868 bits per heavy atom. The highest BCUT2D eigenvalue weighted by atomic mass is 19.4. The van der Waals surface area contributed by atoms with Gasteiger partial charge in [-0.3, -0.25) is 0 Å². The van der Waals surface area contributed by atoms with Crippen molar-refractivity contribution in [1.29, 1.82) is 0 Å². The molecule has 1 saturated carbocycles. The number of hydrogen-bond acceptors (Lipinski definition) is 1. The summed E-state index contributed by atoms with van der Waals surface area (Å²) in [6, 6.07) is 10.2. The first-order valence-electron chi connectivity index (χ1n) is 13.2. The second-order valence-corrected chi connectivity index (χ2v) is 10.2. The fourth-order valence-electron chi connectivity index (χ4n) is 5.47. The van der Waals surface area contributed by atoms with E-state index in [-0.39, 0.29) is 39.7 Å². The van der Waals surface area contributed by atoms with Crippen LogP contribution in [0.25, 0.3) is 11.1 Å². The predicted molar refractivity (Wildman–Crippen MR) is 137 cm³/mol. The summed E-state index contributed by atoms with van der Waals surface area (Å²) in [6.07, 6.45) is 3.13. The summed E-state index contributed by atoms with van der Waals surface area (Å²) in [5, 5.41) is 0. The lowest BCUT2D eigenvalue weighted by molar-refractivity contribution is -0.139. The molecule has 7 heteroatoms. The maximum atomic E-state index is 15.8. The van der Waals surface area contributed by atoms with E-state index in [1.165, 1.54) is 31.9 Å². The van der Waals surface area contributed by atoms with E-state index >= 15 is 8.78 Å². The number of benzene rings is 3. The molecular weight excluding hydrogens is 502 g/mol. The molecule has 3 aromatic carbocycles. The average Bonchev–Trinajstić information content (AvgIpc) is 2.87. The Balaban J connectivity index is 1.61. The Morgan fingerprint density at radius 2 is 1.58 bits per heavy atom. The maximum absolute atomic E-state index is 15.8. The van der Waals surface area contributed by atoms with E-state index in [1.807, 2.05) is 0 Å². The first-order valence-corrected chi connectivity index (χ1v) is 13.2. The molecule has 3 aromatic rings. The largest absolute Gasteiger partial charge is 0.453 e. The van der Waals surface area contributed by atoms with Crippen LogP contribution in [0.3, 0.4) is 0 Å². The summed E-state index contributed by atoms with van der Waals surface area (Å²) in [5.74, 6) is -2.44. The first kappa shape index (κ1) is 28.1. The van der Waals surface area contributed by atoms with Gasteiger partial charge in [-0.05, 0) is 79.8 Å². The molecule has 0 amide bonds. The zero-order valence-corrected chi connectivity index (χ0v) is 21.6. The van der Waals surface area contributed by atoms with E-state index in [9.17, 15) is 17.6 Å². The van der Waals surface area contributed by atoms with Crippen molar-refractivity contribution >= 4 is 0 Å². The van der Waals surface area contributed by atoms with Gasteiger partial charge in [0.2, 0.25) is 0 Å². The van der Waals surface area contributed by atoms with Gasteiger partial charge in [0.05, 0.1) is 5.56 Å². The molecule has 0 bridgehead atoms. The minimum absolute atomic E-state index is 0.0238. The Hall–Kier alpha value is -2.96. The fourth-order valence-corrected chi connectivity index (χ4v) is 5.47. The smallest absolute Gasteiger partial charge is 0.419 e. The summed E-state index contributed by atoms with van der Waals surface area (Å²) in [6.45, 7) is 3.70. The van der Waals surface area contributed by atoms with Crippen LogP contribution in [0.5, 0.6) is 11.5 Å². The van der Waals surface area contributed by atoms with E-state index in [0.29, 0.717) is 24.8 Å². The number of unbranched alkanes of at least 4 members (excludes halogenated alkanes) is 2. The Kier molecular flexibility index (Phi) is 8.74. The molecule has 0 aromatic heterocycles. The quantitative estimate of drug-likeness (QED) is 0.206. The molecule has 0 saturated heterocycles. The van der Waals surface area contributed by atoms with Crippen molar-refractivity contribution in [3.05, 3.63) is 82.7 Å². The summed E-state index contributed by atoms with van der Waals surface area (Å²) in [5.41, 5.74) is -0.656. The second-order valence-electron chi connectivity index (χ2n) is 10.2. The van der Waals surface area contributed by atoms with E-state index in [1.54, 1.807) is 18.2 Å². The van der Waals surface area contributed by atoms with Gasteiger partial charge in [-0.1, -0.05) is 56.9 Å². The van der Waals surface area contributed by atoms with Gasteiger partial charge in [0.1, 0.15) is 17.4 Å². The van der Waals surface area contributed by atoms with E-state index in [4.69, 9.17) is 4.74 Å². The monoisotopic (exact) mass is 534 g/mol. The molecule has 0 radical (unpaired) electrons. The van der Waals surface area contributed by atoms with Crippen molar-refractivity contribution in [3.63, 3.8) is 0 Å². The topological polar surface area (TPSA) is 9.23 Å². The van der Waals surface area contributed by atoms with Crippen molar-refractivity contribution in [3.8, 4) is 22.6 Å². The van der Waals surface area contributed by atoms with Gasteiger partial charge in [-0.25, -0.2) is 13.2 Å². The van der Waals surface area contributed by atoms with Crippen LogP contribution in [0.15, 0.2) is 48.5 Å². The van der Waals surface area contributed by atoms with Crippen molar-refractivity contribution in [2.45, 2.75) is 77.3 Å². The Labute approximate surface area is 219 Å². The molecule has 0 heterocycles. The van der Waals surface area contributed by atoms with Gasteiger partial charge >= 0.3 is 6.18 Å². The van der Waals surface area contributed by atoms with Crippen LogP contribution in [-0.4, -0.2) is 0 Å². The Bertz CT molecular complexity index is 1260. The van der Waals surface area contributed by atoms with E-state index < -0.39 is 29.2 Å². The number of ether oxygens (including phenoxy) is 1. The number of alkyl halides is 3. The van der Waals surface area contributed by atoms with Gasteiger partial charge in [-0.15, -0.1) is 0 Å². The lowest BCUT2D eigenvalue weighted by Crippen LogP contribution is -2.16. The summed E-state index contributed by atoms with van der Waals surface area (Å²) in [7, 11) is 0. The third-order valence-corrected chi connectivity index (χ3v) is 7.55. The highest BCUT2D eigenvalue weighted by Crippen LogP contribution is 2.44. The van der Waals surface area contributed by atoms with Crippen molar-refractivity contribution in [1.82, 2.24) is 0 Å². The second kappa shape index (κ2) is 11.8. The normalized spacial score (nSPS) is 18.0. The number of rotatable bonds is 8. The van der Waals surface area contributed by atoms with Crippen LogP contribution in [0, 0.1) is 30.3 Å². The molecule has 0 spiro atoms. The fraction of sp³-hybridized carbons (Fsp3) is 0.419. The molecule has 0 aliphatic heterocycles. The number of aryl methyl sites for hydroxylation is 1. The molecule has 204 valence electrons. The minimum atomic E-state index is -4.82. The molecule has 0 unspecified atom stereocenters. The number of hydrogen-bond donors (Lipinski definition) is 0. The molecule has 38 heavy (non-hydrogen) atoms. The molecule has 1 aliphatic rings.